The van der Waals surface area contributed by atoms with Gasteiger partial charge in [0.05, 0.1) is 34.1 Å². The Hall–Kier alpha value is -5.54. The van der Waals surface area contributed by atoms with Crippen molar-refractivity contribution in [2.75, 3.05) is 14.2 Å². The molecule has 0 heterocycles. The molecule has 0 atom stereocenters. The van der Waals surface area contributed by atoms with Gasteiger partial charge < -0.3 is 19.7 Å². The number of rotatable bonds is 11. The van der Waals surface area contributed by atoms with Gasteiger partial charge in [-0.05, 0) is 82.6 Å². The number of ether oxygens (including phenoxy) is 2. The molecule has 0 aliphatic heterocycles. The van der Waals surface area contributed by atoms with E-state index in [0.717, 1.165) is 36.4 Å². The molecule has 6 rings (SSSR count). The minimum absolute atomic E-state index is 0.0219. The van der Waals surface area contributed by atoms with Crippen LogP contribution in [0.4, 0.5) is 22.7 Å². The lowest BCUT2D eigenvalue weighted by Gasteiger charge is -2.12. The third kappa shape index (κ3) is 8.69. The fourth-order valence-electron chi connectivity index (χ4n) is 5.79. The van der Waals surface area contributed by atoms with Gasteiger partial charge >= 0.3 is 0 Å². The van der Waals surface area contributed by atoms with Gasteiger partial charge in [0.2, 0.25) is 0 Å². The Bertz CT molecular complexity index is 3120. The number of methoxy groups -OCH3 is 2. The number of benzene rings is 6. The van der Waals surface area contributed by atoms with Crippen molar-refractivity contribution in [2.45, 2.75) is 19.6 Å². The largest absolute Gasteiger partial charge is 0.505 e. The zero-order valence-corrected chi connectivity index (χ0v) is 34.6. The van der Waals surface area contributed by atoms with E-state index in [-0.39, 0.29) is 44.4 Å². The summed E-state index contributed by atoms with van der Waals surface area (Å²) in [6.07, 6.45) is 0. The lowest BCUT2D eigenvalue weighted by molar-refractivity contribution is 0.415. The van der Waals surface area contributed by atoms with Gasteiger partial charge in [0.15, 0.2) is 11.5 Å². The van der Waals surface area contributed by atoms with E-state index in [0.29, 0.717) is 11.1 Å². The Morgan fingerprint density at radius 3 is 1.13 bits per heavy atom. The van der Waals surface area contributed by atoms with Crippen LogP contribution >= 0.6 is 23.2 Å². The number of halogens is 2. The van der Waals surface area contributed by atoms with Crippen molar-refractivity contribution in [3.63, 3.8) is 0 Å². The summed E-state index contributed by atoms with van der Waals surface area (Å²) in [5.74, 6) is -1.71. The summed E-state index contributed by atoms with van der Waals surface area (Å²) in [7, 11) is -17.3. The second-order valence-electron chi connectivity index (χ2n) is 12.2. The van der Waals surface area contributed by atoms with Gasteiger partial charge in [-0.2, -0.15) is 33.7 Å². The number of nitrogens with zero attached hydrogens (tertiary/aromatic N) is 4. The molecule has 6 aromatic rings. The van der Waals surface area contributed by atoms with Crippen LogP contribution in [0, 0.1) is 0 Å². The van der Waals surface area contributed by atoms with Gasteiger partial charge in [0, 0.05) is 10.8 Å². The molecule has 0 spiro atoms. The van der Waals surface area contributed by atoms with Crippen LogP contribution in [-0.4, -0.2) is 76.3 Å². The number of fused-ring (bicyclic) bond motifs is 2. The second kappa shape index (κ2) is 15.8. The van der Waals surface area contributed by atoms with Crippen LogP contribution in [0.2, 0.25) is 10.0 Å². The Kier molecular flexibility index (Phi) is 11.6. The zero-order chi connectivity index (χ0) is 44.3. The highest BCUT2D eigenvalue weighted by molar-refractivity contribution is 7.86. The number of hydrogen-bond donors (Lipinski definition) is 6. The van der Waals surface area contributed by atoms with E-state index < -0.39 is 93.0 Å². The summed E-state index contributed by atoms with van der Waals surface area (Å²) in [5.41, 5.74) is -0.677. The highest BCUT2D eigenvalue weighted by atomic mass is 35.5. The summed E-state index contributed by atoms with van der Waals surface area (Å²) in [4.78, 5) is -3.41. The second-order valence-corrected chi connectivity index (χ2v) is 18.7. The van der Waals surface area contributed by atoms with Crippen molar-refractivity contribution >= 4 is 108 Å². The predicted molar refractivity (Wildman–Crippen MR) is 214 cm³/mol. The SMILES string of the molecule is COc1cc(-c2ccc(N=Nc3c(S(=O)(=O)O)cc4cc(S(=O)(=O)O)cc(Cl)c4c3O)c(OC)c2)ccc1N=Nc1c(S(=O)(=O)O)cc2cc(S(=O)(=O)O)cc(Cl)c2c1O. The molecule has 20 nitrogen and oxygen atoms in total. The maximum Gasteiger partial charge on any atom is 0.296 e. The number of hydrogen-bond acceptors (Lipinski definition) is 16. The van der Waals surface area contributed by atoms with Crippen LogP contribution in [0.5, 0.6) is 23.0 Å². The first-order chi connectivity index (χ1) is 27.8. The van der Waals surface area contributed by atoms with Crippen LogP contribution < -0.4 is 9.47 Å². The summed E-state index contributed by atoms with van der Waals surface area (Å²) < 4.78 is 146. The molecule has 0 fully saturated rings. The maximum absolute atomic E-state index is 12.3. The highest BCUT2D eigenvalue weighted by Gasteiger charge is 2.27. The standard InChI is InChI=1S/C34H24Cl2N4O16S4/c1-55-25-9-15(3-5-23(25)37-39-31-27(59(49,50)51)11-17-7-19(57(43,44)45)13-21(35)29(17)33(31)41)16-4-6-24(26(10-16)56-2)38-40-32-28(60(52,53)54)12-18-8-20(58(46,47)48)14-22(36)30(18)34(32)42/h3-14,41-42H,1-2H3,(H,43,44,45)(H,46,47,48)(H,49,50,51)(H,52,53,54). The van der Waals surface area contributed by atoms with Crippen molar-refractivity contribution < 1.29 is 71.6 Å². The van der Waals surface area contributed by atoms with Crippen LogP contribution in [-0.2, 0) is 40.5 Å². The monoisotopic (exact) mass is 942 g/mol. The Morgan fingerprint density at radius 2 is 0.833 bits per heavy atom. The highest BCUT2D eigenvalue weighted by Crippen LogP contribution is 2.47. The third-order valence-corrected chi connectivity index (χ3v) is 12.5. The van der Waals surface area contributed by atoms with E-state index in [9.17, 15) is 62.1 Å². The average molecular weight is 944 g/mol. The first-order valence-corrected chi connectivity index (χ1v) is 22.4. The zero-order valence-electron chi connectivity index (χ0n) is 29.9. The molecule has 0 saturated heterocycles. The van der Waals surface area contributed by atoms with E-state index >= 15 is 0 Å². The molecule has 0 bridgehead atoms. The average Bonchev–Trinajstić information content (AvgIpc) is 3.14. The van der Waals surface area contributed by atoms with Gasteiger partial charge in [-0.15, -0.1) is 20.5 Å². The van der Waals surface area contributed by atoms with E-state index in [1.807, 2.05) is 0 Å². The van der Waals surface area contributed by atoms with Crippen molar-refractivity contribution in [1.29, 1.82) is 0 Å². The summed E-state index contributed by atoms with van der Waals surface area (Å²) in [6, 6.07) is 13.6. The normalized spacial score (nSPS) is 12.9. The summed E-state index contributed by atoms with van der Waals surface area (Å²) >= 11 is 12.3. The lowest BCUT2D eigenvalue weighted by Crippen LogP contribution is -2.01. The van der Waals surface area contributed by atoms with Gasteiger partial charge in [-0.25, -0.2) is 0 Å². The molecular formula is C34H24Cl2N4O16S4. The Balaban J connectivity index is 1.38. The molecule has 0 aromatic heterocycles. The van der Waals surface area contributed by atoms with Gasteiger partial charge in [0.1, 0.15) is 44.0 Å². The Labute approximate surface area is 349 Å². The molecule has 0 unspecified atom stereocenters. The van der Waals surface area contributed by atoms with E-state index in [4.69, 9.17) is 32.7 Å². The third-order valence-electron chi connectivity index (χ3n) is 8.51. The van der Waals surface area contributed by atoms with Gasteiger partial charge in [-0.3, -0.25) is 18.2 Å². The first-order valence-electron chi connectivity index (χ1n) is 15.9. The van der Waals surface area contributed by atoms with Gasteiger partial charge in [0.25, 0.3) is 40.5 Å². The molecule has 314 valence electrons. The lowest BCUT2D eigenvalue weighted by atomic mass is 10.0. The Morgan fingerprint density at radius 1 is 0.483 bits per heavy atom. The van der Waals surface area contributed by atoms with Crippen LogP contribution in [0.3, 0.4) is 0 Å². The molecule has 0 aliphatic rings. The number of phenolic OH excluding ortho intramolecular Hbond substituents is 2. The molecule has 0 aliphatic carbocycles. The quantitative estimate of drug-likeness (QED) is 0.0526. The fourth-order valence-corrected chi connectivity index (χ4v) is 8.96. The van der Waals surface area contributed by atoms with Gasteiger partial charge in [-0.1, -0.05) is 35.3 Å². The molecule has 6 aromatic carbocycles. The number of azo groups is 2. The summed E-state index contributed by atoms with van der Waals surface area (Å²) in [6.45, 7) is 0. The van der Waals surface area contributed by atoms with E-state index in [2.05, 4.69) is 20.5 Å². The van der Waals surface area contributed by atoms with Crippen molar-refractivity contribution in [1.82, 2.24) is 0 Å². The minimum atomic E-state index is -5.14. The van der Waals surface area contributed by atoms with Crippen LogP contribution in [0.1, 0.15) is 0 Å². The number of phenols is 2. The van der Waals surface area contributed by atoms with Crippen molar-refractivity contribution in [3.05, 3.63) is 82.8 Å². The molecule has 60 heavy (non-hydrogen) atoms. The molecule has 6 N–H and O–H groups in total. The molecule has 26 heteroatoms. The predicted octanol–water partition coefficient (Wildman–Crippen LogP) is 8.21. The van der Waals surface area contributed by atoms with E-state index in [1.54, 1.807) is 0 Å². The fraction of sp³-hybridized carbons (Fsp3) is 0.0588. The van der Waals surface area contributed by atoms with Crippen LogP contribution in [0.15, 0.2) is 113 Å². The molecule has 0 saturated carbocycles. The van der Waals surface area contributed by atoms with Crippen molar-refractivity contribution in [3.8, 4) is 34.1 Å². The topological polar surface area (TPSA) is 326 Å². The van der Waals surface area contributed by atoms with Crippen molar-refractivity contribution in [2.24, 2.45) is 20.5 Å². The molecule has 0 amide bonds. The molecule has 0 radical (unpaired) electrons. The van der Waals surface area contributed by atoms with Crippen LogP contribution in [0.25, 0.3) is 32.7 Å². The molecular weight excluding hydrogens is 920 g/mol. The summed E-state index contributed by atoms with van der Waals surface area (Å²) in [5, 5.41) is 35.7. The smallest absolute Gasteiger partial charge is 0.296 e. The number of aromatic hydroxyl groups is 2. The first kappa shape index (κ1) is 44.0. The maximum atomic E-state index is 12.3. The van der Waals surface area contributed by atoms with E-state index in [1.165, 1.54) is 50.6 Å². The minimum Gasteiger partial charge on any atom is -0.505 e.